The Hall–Kier alpha value is -0.0800. The second-order valence-corrected chi connectivity index (χ2v) is 4.83. The van der Waals surface area contributed by atoms with Crippen LogP contribution in [0.5, 0.6) is 0 Å². The van der Waals surface area contributed by atoms with Crippen LogP contribution in [0.3, 0.4) is 0 Å². The van der Waals surface area contributed by atoms with Crippen molar-refractivity contribution in [2.75, 3.05) is 26.2 Å². The van der Waals surface area contributed by atoms with Crippen LogP contribution in [0, 0.1) is 5.92 Å². The SMILES string of the molecule is CCC1CCCN(CCCCCO)CC1. The van der Waals surface area contributed by atoms with E-state index in [9.17, 15) is 0 Å². The van der Waals surface area contributed by atoms with Crippen molar-refractivity contribution in [3.63, 3.8) is 0 Å². The summed E-state index contributed by atoms with van der Waals surface area (Å²) in [6.45, 7) is 6.53. The maximum absolute atomic E-state index is 8.70. The zero-order chi connectivity index (χ0) is 10.9. The number of aliphatic hydroxyl groups is 1. The number of rotatable bonds is 6. The van der Waals surface area contributed by atoms with Gasteiger partial charge in [0.15, 0.2) is 0 Å². The summed E-state index contributed by atoms with van der Waals surface area (Å²) in [7, 11) is 0. The van der Waals surface area contributed by atoms with Crippen LogP contribution >= 0.6 is 0 Å². The Morgan fingerprint density at radius 1 is 1.13 bits per heavy atom. The van der Waals surface area contributed by atoms with Crippen LogP contribution in [0.4, 0.5) is 0 Å². The van der Waals surface area contributed by atoms with E-state index in [1.165, 1.54) is 58.2 Å². The standard InChI is InChI=1S/C13H27NO/c1-2-13-7-6-10-14(11-8-13)9-4-3-5-12-15/h13,15H,2-12H2,1H3. The summed E-state index contributed by atoms with van der Waals surface area (Å²) in [6, 6.07) is 0. The first-order valence-corrected chi connectivity index (χ1v) is 6.70. The van der Waals surface area contributed by atoms with Gasteiger partial charge in [0.25, 0.3) is 0 Å². The average molecular weight is 213 g/mol. The van der Waals surface area contributed by atoms with Gasteiger partial charge in [0, 0.05) is 6.61 Å². The van der Waals surface area contributed by atoms with Crippen molar-refractivity contribution < 1.29 is 5.11 Å². The van der Waals surface area contributed by atoms with Crippen LogP contribution in [0.25, 0.3) is 0 Å². The molecule has 2 heteroatoms. The molecule has 0 saturated carbocycles. The quantitative estimate of drug-likeness (QED) is 0.686. The third-order valence-corrected chi connectivity index (χ3v) is 3.65. The molecule has 0 aliphatic carbocycles. The molecule has 0 bridgehead atoms. The molecule has 0 radical (unpaired) electrons. The molecule has 1 unspecified atom stereocenters. The molecule has 15 heavy (non-hydrogen) atoms. The van der Waals surface area contributed by atoms with Crippen molar-refractivity contribution in [1.29, 1.82) is 0 Å². The maximum atomic E-state index is 8.70. The Morgan fingerprint density at radius 2 is 2.00 bits per heavy atom. The van der Waals surface area contributed by atoms with Gasteiger partial charge in [0.05, 0.1) is 0 Å². The Balaban J connectivity index is 2.08. The first-order valence-electron chi connectivity index (χ1n) is 6.70. The molecule has 90 valence electrons. The fourth-order valence-corrected chi connectivity index (χ4v) is 2.48. The molecule has 1 aliphatic heterocycles. The Bertz CT molecular complexity index is 149. The van der Waals surface area contributed by atoms with E-state index in [1.54, 1.807) is 0 Å². The van der Waals surface area contributed by atoms with Crippen LogP contribution in [0.1, 0.15) is 51.9 Å². The summed E-state index contributed by atoms with van der Waals surface area (Å²) in [5.74, 6) is 0.979. The maximum Gasteiger partial charge on any atom is 0.0431 e. The van der Waals surface area contributed by atoms with Crippen molar-refractivity contribution >= 4 is 0 Å². The summed E-state index contributed by atoms with van der Waals surface area (Å²) >= 11 is 0. The van der Waals surface area contributed by atoms with Crippen LogP contribution < -0.4 is 0 Å². The molecule has 1 atom stereocenters. The Labute approximate surface area is 94.7 Å². The van der Waals surface area contributed by atoms with Gasteiger partial charge in [-0.3, -0.25) is 0 Å². The number of aliphatic hydroxyl groups excluding tert-OH is 1. The van der Waals surface area contributed by atoms with Gasteiger partial charge in [0.2, 0.25) is 0 Å². The van der Waals surface area contributed by atoms with E-state index < -0.39 is 0 Å². The number of unbranched alkanes of at least 4 members (excludes halogenated alkanes) is 2. The molecule has 0 amide bonds. The number of likely N-dealkylation sites (tertiary alicyclic amines) is 1. The molecule has 0 aromatic carbocycles. The highest BCUT2D eigenvalue weighted by Crippen LogP contribution is 2.20. The van der Waals surface area contributed by atoms with Gasteiger partial charge >= 0.3 is 0 Å². The van der Waals surface area contributed by atoms with Gasteiger partial charge in [-0.2, -0.15) is 0 Å². The minimum absolute atomic E-state index is 0.359. The summed E-state index contributed by atoms with van der Waals surface area (Å²) < 4.78 is 0. The van der Waals surface area contributed by atoms with Crippen LogP contribution in [-0.4, -0.2) is 36.2 Å². The lowest BCUT2D eigenvalue weighted by molar-refractivity contribution is 0.256. The summed E-state index contributed by atoms with van der Waals surface area (Å²) in [4.78, 5) is 2.62. The topological polar surface area (TPSA) is 23.5 Å². The van der Waals surface area contributed by atoms with E-state index in [0.717, 1.165) is 12.3 Å². The third-order valence-electron chi connectivity index (χ3n) is 3.65. The van der Waals surface area contributed by atoms with E-state index in [0.29, 0.717) is 6.61 Å². The average Bonchev–Trinajstić information content (AvgIpc) is 2.49. The molecular weight excluding hydrogens is 186 g/mol. The van der Waals surface area contributed by atoms with E-state index in [1.807, 2.05) is 0 Å². The summed E-state index contributed by atoms with van der Waals surface area (Å²) in [6.07, 6.45) is 9.00. The van der Waals surface area contributed by atoms with Crippen molar-refractivity contribution in [2.45, 2.75) is 51.9 Å². The van der Waals surface area contributed by atoms with Crippen molar-refractivity contribution in [3.8, 4) is 0 Å². The molecular formula is C13H27NO. The van der Waals surface area contributed by atoms with E-state index in [-0.39, 0.29) is 0 Å². The normalized spacial score (nSPS) is 24.0. The lowest BCUT2D eigenvalue weighted by Gasteiger charge is -2.19. The van der Waals surface area contributed by atoms with Crippen LogP contribution in [0.15, 0.2) is 0 Å². The molecule has 0 aromatic rings. The molecule has 1 heterocycles. The Morgan fingerprint density at radius 3 is 2.73 bits per heavy atom. The largest absolute Gasteiger partial charge is 0.396 e. The van der Waals surface area contributed by atoms with Gasteiger partial charge in [0.1, 0.15) is 0 Å². The molecule has 0 aromatic heterocycles. The second-order valence-electron chi connectivity index (χ2n) is 4.83. The number of hydrogen-bond acceptors (Lipinski definition) is 2. The summed E-state index contributed by atoms with van der Waals surface area (Å²) in [5.41, 5.74) is 0. The minimum atomic E-state index is 0.359. The number of nitrogens with zero attached hydrogens (tertiary/aromatic N) is 1. The predicted molar refractivity (Wildman–Crippen MR) is 65.0 cm³/mol. The Kier molecular flexibility index (Phi) is 7.03. The van der Waals surface area contributed by atoms with Crippen LogP contribution in [0.2, 0.25) is 0 Å². The second kappa shape index (κ2) is 8.12. The van der Waals surface area contributed by atoms with Crippen molar-refractivity contribution in [3.05, 3.63) is 0 Å². The fourth-order valence-electron chi connectivity index (χ4n) is 2.48. The van der Waals surface area contributed by atoms with E-state index >= 15 is 0 Å². The highest BCUT2D eigenvalue weighted by Gasteiger charge is 2.14. The fraction of sp³-hybridized carbons (Fsp3) is 1.00. The lowest BCUT2D eigenvalue weighted by atomic mass is 9.98. The van der Waals surface area contributed by atoms with E-state index in [2.05, 4.69) is 11.8 Å². The van der Waals surface area contributed by atoms with E-state index in [4.69, 9.17) is 5.11 Å². The molecule has 2 nitrogen and oxygen atoms in total. The zero-order valence-electron chi connectivity index (χ0n) is 10.2. The first-order chi connectivity index (χ1) is 7.36. The monoisotopic (exact) mass is 213 g/mol. The van der Waals surface area contributed by atoms with Gasteiger partial charge in [-0.25, -0.2) is 0 Å². The molecule has 1 rings (SSSR count). The molecule has 0 spiro atoms. The predicted octanol–water partition coefficient (Wildman–Crippen LogP) is 2.66. The summed E-state index contributed by atoms with van der Waals surface area (Å²) in [5, 5.41) is 8.70. The smallest absolute Gasteiger partial charge is 0.0431 e. The minimum Gasteiger partial charge on any atom is -0.396 e. The number of hydrogen-bond donors (Lipinski definition) is 1. The van der Waals surface area contributed by atoms with Crippen molar-refractivity contribution in [1.82, 2.24) is 4.90 Å². The van der Waals surface area contributed by atoms with Gasteiger partial charge in [-0.15, -0.1) is 0 Å². The van der Waals surface area contributed by atoms with Crippen molar-refractivity contribution in [2.24, 2.45) is 5.92 Å². The molecule has 1 aliphatic rings. The third kappa shape index (κ3) is 5.53. The highest BCUT2D eigenvalue weighted by molar-refractivity contribution is 4.69. The van der Waals surface area contributed by atoms with Crippen LogP contribution in [-0.2, 0) is 0 Å². The molecule has 1 N–H and O–H groups in total. The molecule has 1 fully saturated rings. The van der Waals surface area contributed by atoms with Gasteiger partial charge in [-0.1, -0.05) is 13.3 Å². The van der Waals surface area contributed by atoms with Gasteiger partial charge < -0.3 is 10.0 Å². The van der Waals surface area contributed by atoms with Gasteiger partial charge in [-0.05, 0) is 64.1 Å². The molecule has 1 saturated heterocycles. The first kappa shape index (κ1) is 13.0. The highest BCUT2D eigenvalue weighted by atomic mass is 16.2. The zero-order valence-corrected chi connectivity index (χ0v) is 10.2. The lowest BCUT2D eigenvalue weighted by Crippen LogP contribution is -2.26.